The number of fused-ring (bicyclic) bond motifs is 1. The normalized spacial score (nSPS) is 10.8. The van der Waals surface area contributed by atoms with Crippen LogP contribution in [0.5, 0.6) is 0 Å². The van der Waals surface area contributed by atoms with Crippen LogP contribution in [0.25, 0.3) is 10.2 Å². The summed E-state index contributed by atoms with van der Waals surface area (Å²) in [5.41, 5.74) is 0.982. The lowest BCUT2D eigenvalue weighted by Gasteiger charge is -2.01. The molecule has 0 unspecified atom stereocenters. The van der Waals surface area contributed by atoms with Crippen molar-refractivity contribution in [1.29, 1.82) is 0 Å². The van der Waals surface area contributed by atoms with E-state index in [4.69, 9.17) is 4.42 Å². The van der Waals surface area contributed by atoms with Gasteiger partial charge in [-0.1, -0.05) is 23.9 Å². The Kier molecular flexibility index (Phi) is 4.03. The van der Waals surface area contributed by atoms with Gasteiger partial charge in [0.15, 0.2) is 4.34 Å². The number of nitrogens with one attached hydrogen (secondary N) is 1. The van der Waals surface area contributed by atoms with E-state index in [0.717, 1.165) is 20.3 Å². The Bertz CT molecular complexity index is 674. The van der Waals surface area contributed by atoms with Gasteiger partial charge in [-0.15, -0.1) is 11.3 Å². The van der Waals surface area contributed by atoms with Crippen LogP contribution < -0.4 is 5.32 Å². The fraction of sp³-hybridized carbons (Fsp3) is 0.143. The molecule has 1 N–H and O–H groups in total. The van der Waals surface area contributed by atoms with E-state index >= 15 is 0 Å². The molecule has 3 rings (SSSR count). The first-order valence-electron chi connectivity index (χ1n) is 6.09. The maximum Gasteiger partial charge on any atom is 0.230 e. The van der Waals surface area contributed by atoms with Crippen LogP contribution in [0.4, 0.5) is 0 Å². The van der Waals surface area contributed by atoms with Crippen molar-refractivity contribution in [3.05, 3.63) is 48.4 Å². The smallest absolute Gasteiger partial charge is 0.230 e. The maximum absolute atomic E-state index is 11.7. The second-order valence-electron chi connectivity index (χ2n) is 4.09. The number of hydrogen-bond donors (Lipinski definition) is 1. The molecule has 0 spiro atoms. The summed E-state index contributed by atoms with van der Waals surface area (Å²) in [6.45, 7) is 0.423. The number of amides is 1. The molecule has 0 aliphatic rings. The van der Waals surface area contributed by atoms with E-state index in [2.05, 4.69) is 10.3 Å². The second-order valence-corrected chi connectivity index (χ2v) is 6.35. The minimum atomic E-state index is -0.0225. The number of thiazole rings is 1. The van der Waals surface area contributed by atoms with Crippen molar-refractivity contribution in [2.45, 2.75) is 10.9 Å². The van der Waals surface area contributed by atoms with Crippen LogP contribution >= 0.6 is 23.1 Å². The zero-order valence-corrected chi connectivity index (χ0v) is 12.2. The number of benzene rings is 1. The monoisotopic (exact) mass is 304 g/mol. The third kappa shape index (κ3) is 3.20. The highest BCUT2D eigenvalue weighted by Crippen LogP contribution is 2.28. The zero-order chi connectivity index (χ0) is 13.8. The van der Waals surface area contributed by atoms with Gasteiger partial charge in [0, 0.05) is 0 Å². The van der Waals surface area contributed by atoms with Crippen LogP contribution in [-0.2, 0) is 11.3 Å². The van der Waals surface area contributed by atoms with Crippen LogP contribution in [0, 0.1) is 0 Å². The van der Waals surface area contributed by atoms with Gasteiger partial charge in [-0.25, -0.2) is 4.98 Å². The molecule has 0 fully saturated rings. The van der Waals surface area contributed by atoms with Crippen LogP contribution in [0.1, 0.15) is 5.76 Å². The van der Waals surface area contributed by atoms with Gasteiger partial charge in [0.2, 0.25) is 5.91 Å². The standard InChI is InChI=1S/C14H12N2O2S2/c17-13(15-8-10-4-3-7-18-10)9-19-14-16-11-5-1-2-6-12(11)20-14/h1-7H,8-9H2,(H,15,17). The Morgan fingerprint density at radius 3 is 3.00 bits per heavy atom. The van der Waals surface area contributed by atoms with E-state index < -0.39 is 0 Å². The lowest BCUT2D eigenvalue weighted by Crippen LogP contribution is -2.24. The molecule has 4 nitrogen and oxygen atoms in total. The minimum absolute atomic E-state index is 0.0225. The Morgan fingerprint density at radius 1 is 1.30 bits per heavy atom. The number of carbonyl (C=O) groups is 1. The molecule has 1 aromatic carbocycles. The van der Waals surface area contributed by atoms with Gasteiger partial charge in [-0.3, -0.25) is 4.79 Å². The van der Waals surface area contributed by atoms with Gasteiger partial charge in [-0.05, 0) is 24.3 Å². The molecule has 0 aliphatic carbocycles. The molecule has 1 amide bonds. The van der Waals surface area contributed by atoms with Gasteiger partial charge in [0.05, 0.1) is 28.8 Å². The van der Waals surface area contributed by atoms with Gasteiger partial charge < -0.3 is 9.73 Å². The van der Waals surface area contributed by atoms with Crippen molar-refractivity contribution >= 4 is 39.2 Å². The number of rotatable bonds is 5. The largest absolute Gasteiger partial charge is 0.467 e. The van der Waals surface area contributed by atoms with Crippen molar-refractivity contribution in [1.82, 2.24) is 10.3 Å². The van der Waals surface area contributed by atoms with Crippen LogP contribution in [-0.4, -0.2) is 16.6 Å². The van der Waals surface area contributed by atoms with E-state index in [0.29, 0.717) is 12.3 Å². The van der Waals surface area contributed by atoms with E-state index in [1.54, 1.807) is 23.7 Å². The molecule has 0 saturated heterocycles. The van der Waals surface area contributed by atoms with E-state index in [1.807, 2.05) is 30.3 Å². The van der Waals surface area contributed by atoms with Gasteiger partial charge in [-0.2, -0.15) is 0 Å². The summed E-state index contributed by atoms with van der Waals surface area (Å²) in [6, 6.07) is 11.6. The number of nitrogens with zero attached hydrogens (tertiary/aromatic N) is 1. The summed E-state index contributed by atoms with van der Waals surface area (Å²) < 4.78 is 7.22. The summed E-state index contributed by atoms with van der Waals surface area (Å²) in [4.78, 5) is 16.2. The third-order valence-electron chi connectivity index (χ3n) is 2.64. The van der Waals surface area contributed by atoms with Crippen molar-refractivity contribution in [2.75, 3.05) is 5.75 Å². The van der Waals surface area contributed by atoms with E-state index in [-0.39, 0.29) is 5.91 Å². The van der Waals surface area contributed by atoms with Gasteiger partial charge in [0.25, 0.3) is 0 Å². The Morgan fingerprint density at radius 2 is 2.20 bits per heavy atom. The van der Waals surface area contributed by atoms with E-state index in [1.165, 1.54) is 11.8 Å². The number of aromatic nitrogens is 1. The fourth-order valence-electron chi connectivity index (χ4n) is 1.69. The van der Waals surface area contributed by atoms with Crippen molar-refractivity contribution < 1.29 is 9.21 Å². The molecule has 3 aromatic rings. The molecule has 0 atom stereocenters. The lowest BCUT2D eigenvalue weighted by atomic mass is 10.3. The number of thioether (sulfide) groups is 1. The van der Waals surface area contributed by atoms with Crippen LogP contribution in [0.2, 0.25) is 0 Å². The highest BCUT2D eigenvalue weighted by Gasteiger charge is 2.07. The first-order valence-corrected chi connectivity index (χ1v) is 7.89. The van der Waals surface area contributed by atoms with Gasteiger partial charge in [0.1, 0.15) is 5.76 Å². The first-order chi connectivity index (χ1) is 9.81. The van der Waals surface area contributed by atoms with Gasteiger partial charge >= 0.3 is 0 Å². The molecule has 0 aliphatic heterocycles. The molecular formula is C14H12N2O2S2. The van der Waals surface area contributed by atoms with E-state index in [9.17, 15) is 4.79 Å². The Labute approximate surface area is 124 Å². The summed E-state index contributed by atoms with van der Waals surface area (Å²) in [7, 11) is 0. The number of carbonyl (C=O) groups excluding carboxylic acids is 1. The Hall–Kier alpha value is -1.79. The molecule has 0 radical (unpaired) electrons. The predicted octanol–water partition coefficient (Wildman–Crippen LogP) is 3.30. The summed E-state index contributed by atoms with van der Waals surface area (Å²) >= 11 is 3.06. The summed E-state index contributed by atoms with van der Waals surface area (Å²) in [6.07, 6.45) is 1.59. The zero-order valence-electron chi connectivity index (χ0n) is 10.5. The molecule has 0 bridgehead atoms. The number of furan rings is 1. The third-order valence-corrected chi connectivity index (χ3v) is 4.82. The molecule has 20 heavy (non-hydrogen) atoms. The molecule has 2 heterocycles. The highest BCUT2D eigenvalue weighted by atomic mass is 32.2. The topological polar surface area (TPSA) is 55.1 Å². The number of para-hydroxylation sites is 1. The summed E-state index contributed by atoms with van der Waals surface area (Å²) in [5, 5.41) is 2.81. The van der Waals surface area contributed by atoms with Crippen molar-refractivity contribution in [2.24, 2.45) is 0 Å². The van der Waals surface area contributed by atoms with Crippen molar-refractivity contribution in [3.63, 3.8) is 0 Å². The lowest BCUT2D eigenvalue weighted by molar-refractivity contribution is -0.118. The minimum Gasteiger partial charge on any atom is -0.467 e. The molecule has 6 heteroatoms. The molecular weight excluding hydrogens is 292 g/mol. The Balaban J connectivity index is 1.52. The highest BCUT2D eigenvalue weighted by molar-refractivity contribution is 8.01. The number of hydrogen-bond acceptors (Lipinski definition) is 5. The molecule has 0 saturated carbocycles. The SMILES string of the molecule is O=C(CSc1nc2ccccc2s1)NCc1ccco1. The fourth-order valence-corrected chi connectivity index (χ4v) is 3.59. The van der Waals surface area contributed by atoms with Crippen molar-refractivity contribution in [3.8, 4) is 0 Å². The molecule has 2 aromatic heterocycles. The second kappa shape index (κ2) is 6.11. The maximum atomic E-state index is 11.7. The van der Waals surface area contributed by atoms with Crippen LogP contribution in [0.3, 0.4) is 0 Å². The van der Waals surface area contributed by atoms with Crippen LogP contribution in [0.15, 0.2) is 51.4 Å². The predicted molar refractivity (Wildman–Crippen MR) is 80.9 cm³/mol. The quantitative estimate of drug-likeness (QED) is 0.735. The molecule has 102 valence electrons. The first kappa shape index (κ1) is 13.2. The average Bonchev–Trinajstić information content (AvgIpc) is 3.11. The average molecular weight is 304 g/mol. The summed E-state index contributed by atoms with van der Waals surface area (Å²) in [5.74, 6) is 1.09.